The highest BCUT2D eigenvalue weighted by Gasteiger charge is 2.20. The summed E-state index contributed by atoms with van der Waals surface area (Å²) < 4.78 is 12.5. The number of Topliss-reactive ketones (excluding diaryl/α,β-unsaturated/α-hetero) is 1. The summed E-state index contributed by atoms with van der Waals surface area (Å²) in [6.07, 6.45) is 3.16. The maximum atomic E-state index is 12.6. The number of nitrogens with one attached hydrogen (secondary N) is 1. The molecule has 1 aliphatic heterocycles. The number of ketones is 1. The molecule has 30 heavy (non-hydrogen) atoms. The molecule has 0 unspecified atom stereocenters. The second kappa shape index (κ2) is 7.87. The van der Waals surface area contributed by atoms with Crippen LogP contribution in [0.15, 0.2) is 48.5 Å². The van der Waals surface area contributed by atoms with Crippen molar-refractivity contribution < 1.29 is 19.1 Å². The number of ether oxygens (including phenoxy) is 2. The Labute approximate surface area is 173 Å². The SMILES string of the molecule is CC(=O)c1cc2c(cc1NC(=O)/C=C/c1c(C)nn(-c3ccccc3)c1C)OCO2. The van der Waals surface area contributed by atoms with Crippen LogP contribution in [0.3, 0.4) is 0 Å². The Hall–Kier alpha value is -3.87. The van der Waals surface area contributed by atoms with E-state index in [0.29, 0.717) is 22.7 Å². The average Bonchev–Trinajstić information content (AvgIpc) is 3.30. The summed E-state index contributed by atoms with van der Waals surface area (Å²) in [6, 6.07) is 13.0. The van der Waals surface area contributed by atoms with E-state index in [1.165, 1.54) is 13.0 Å². The molecule has 0 saturated carbocycles. The second-order valence-corrected chi connectivity index (χ2v) is 6.96. The smallest absolute Gasteiger partial charge is 0.248 e. The molecule has 2 heterocycles. The molecule has 1 aromatic heterocycles. The maximum absolute atomic E-state index is 12.6. The lowest BCUT2D eigenvalue weighted by atomic mass is 10.1. The zero-order chi connectivity index (χ0) is 21.3. The minimum atomic E-state index is -0.359. The number of benzene rings is 2. The molecule has 4 rings (SSSR count). The summed E-state index contributed by atoms with van der Waals surface area (Å²) in [4.78, 5) is 24.5. The first kappa shape index (κ1) is 19.4. The molecule has 7 heteroatoms. The third-order valence-corrected chi connectivity index (χ3v) is 4.90. The van der Waals surface area contributed by atoms with Crippen molar-refractivity contribution in [1.29, 1.82) is 0 Å². The molecular weight excluding hydrogens is 382 g/mol. The van der Waals surface area contributed by atoms with E-state index < -0.39 is 0 Å². The van der Waals surface area contributed by atoms with Gasteiger partial charge in [-0.25, -0.2) is 4.68 Å². The van der Waals surface area contributed by atoms with Crippen LogP contribution < -0.4 is 14.8 Å². The fourth-order valence-corrected chi connectivity index (χ4v) is 3.39. The molecule has 1 amide bonds. The quantitative estimate of drug-likeness (QED) is 0.513. The van der Waals surface area contributed by atoms with Gasteiger partial charge in [0.1, 0.15) is 0 Å². The fourth-order valence-electron chi connectivity index (χ4n) is 3.39. The minimum absolute atomic E-state index is 0.0912. The van der Waals surface area contributed by atoms with Crippen LogP contribution in [0.4, 0.5) is 5.69 Å². The first-order chi connectivity index (χ1) is 14.4. The molecule has 0 spiro atoms. The van der Waals surface area contributed by atoms with Gasteiger partial charge in [0.15, 0.2) is 17.3 Å². The summed E-state index contributed by atoms with van der Waals surface area (Å²) in [5.41, 5.74) is 4.31. The van der Waals surface area contributed by atoms with Gasteiger partial charge >= 0.3 is 0 Å². The summed E-state index contributed by atoms with van der Waals surface area (Å²) in [7, 11) is 0. The Balaban J connectivity index is 1.57. The monoisotopic (exact) mass is 403 g/mol. The van der Waals surface area contributed by atoms with Gasteiger partial charge < -0.3 is 14.8 Å². The van der Waals surface area contributed by atoms with E-state index in [2.05, 4.69) is 10.4 Å². The van der Waals surface area contributed by atoms with E-state index in [0.717, 1.165) is 22.6 Å². The number of aromatic nitrogens is 2. The molecule has 1 aliphatic rings. The van der Waals surface area contributed by atoms with Crippen LogP contribution in [0.1, 0.15) is 34.2 Å². The molecule has 0 radical (unpaired) electrons. The van der Waals surface area contributed by atoms with Gasteiger partial charge in [0.25, 0.3) is 0 Å². The van der Waals surface area contributed by atoms with Gasteiger partial charge in [-0.05, 0) is 45.0 Å². The highest BCUT2D eigenvalue weighted by Crippen LogP contribution is 2.37. The minimum Gasteiger partial charge on any atom is -0.454 e. The highest BCUT2D eigenvalue weighted by molar-refractivity contribution is 6.08. The first-order valence-corrected chi connectivity index (χ1v) is 9.49. The van der Waals surface area contributed by atoms with Gasteiger partial charge in [0, 0.05) is 29.0 Å². The van der Waals surface area contributed by atoms with E-state index in [9.17, 15) is 9.59 Å². The molecule has 3 aromatic rings. The summed E-state index contributed by atoms with van der Waals surface area (Å²) in [5, 5.41) is 7.34. The third kappa shape index (κ3) is 3.69. The summed E-state index contributed by atoms with van der Waals surface area (Å²) in [6.45, 7) is 5.38. The number of nitrogens with zero attached hydrogens (tertiary/aromatic N) is 2. The molecule has 0 atom stereocenters. The van der Waals surface area contributed by atoms with Crippen LogP contribution >= 0.6 is 0 Å². The van der Waals surface area contributed by atoms with Crippen molar-refractivity contribution in [1.82, 2.24) is 9.78 Å². The van der Waals surface area contributed by atoms with Crippen LogP contribution in [0.5, 0.6) is 11.5 Å². The van der Waals surface area contributed by atoms with Crippen molar-refractivity contribution in [2.24, 2.45) is 0 Å². The number of anilines is 1. The Morgan fingerprint density at radius 1 is 1.10 bits per heavy atom. The zero-order valence-electron chi connectivity index (χ0n) is 16.9. The van der Waals surface area contributed by atoms with E-state index >= 15 is 0 Å². The van der Waals surface area contributed by atoms with Gasteiger partial charge in [-0.2, -0.15) is 5.10 Å². The van der Waals surface area contributed by atoms with E-state index in [1.807, 2.05) is 48.9 Å². The van der Waals surface area contributed by atoms with Crippen LogP contribution in [0, 0.1) is 13.8 Å². The van der Waals surface area contributed by atoms with Crippen molar-refractivity contribution in [3.8, 4) is 17.2 Å². The van der Waals surface area contributed by atoms with E-state index in [-0.39, 0.29) is 18.5 Å². The van der Waals surface area contributed by atoms with Crippen molar-refractivity contribution in [2.75, 3.05) is 12.1 Å². The molecule has 0 bridgehead atoms. The second-order valence-electron chi connectivity index (χ2n) is 6.96. The first-order valence-electron chi connectivity index (χ1n) is 9.49. The van der Waals surface area contributed by atoms with Gasteiger partial charge in [-0.3, -0.25) is 9.59 Å². The average molecular weight is 403 g/mol. The predicted molar refractivity (Wildman–Crippen MR) is 113 cm³/mol. The number of fused-ring (bicyclic) bond motifs is 1. The molecule has 1 N–H and O–H groups in total. The van der Waals surface area contributed by atoms with E-state index in [4.69, 9.17) is 9.47 Å². The highest BCUT2D eigenvalue weighted by atomic mass is 16.7. The van der Waals surface area contributed by atoms with Gasteiger partial charge in [-0.1, -0.05) is 18.2 Å². The molecule has 7 nitrogen and oxygen atoms in total. The number of para-hydroxylation sites is 1. The number of aryl methyl sites for hydroxylation is 1. The van der Waals surface area contributed by atoms with Gasteiger partial charge in [-0.15, -0.1) is 0 Å². The van der Waals surface area contributed by atoms with Crippen LogP contribution in [-0.2, 0) is 4.79 Å². The van der Waals surface area contributed by atoms with Gasteiger partial charge in [0.05, 0.1) is 17.1 Å². The lowest BCUT2D eigenvalue weighted by molar-refractivity contribution is -0.111. The summed E-state index contributed by atoms with van der Waals surface area (Å²) >= 11 is 0. The lowest BCUT2D eigenvalue weighted by Crippen LogP contribution is -2.11. The van der Waals surface area contributed by atoms with Crippen LogP contribution in [0.25, 0.3) is 11.8 Å². The van der Waals surface area contributed by atoms with Crippen LogP contribution in [0.2, 0.25) is 0 Å². The van der Waals surface area contributed by atoms with Gasteiger partial charge in [0.2, 0.25) is 12.7 Å². The number of hydrogen-bond acceptors (Lipinski definition) is 5. The number of carbonyl (C=O) groups is 2. The number of amides is 1. The lowest BCUT2D eigenvalue weighted by Gasteiger charge is -2.09. The zero-order valence-corrected chi connectivity index (χ0v) is 16.9. The normalized spacial score (nSPS) is 12.4. The third-order valence-electron chi connectivity index (χ3n) is 4.90. The van der Waals surface area contributed by atoms with E-state index in [1.54, 1.807) is 18.2 Å². The molecule has 152 valence electrons. The van der Waals surface area contributed by atoms with Crippen molar-refractivity contribution in [3.05, 3.63) is 71.1 Å². The largest absolute Gasteiger partial charge is 0.454 e. The summed E-state index contributed by atoms with van der Waals surface area (Å²) in [5.74, 6) is 0.453. The Morgan fingerprint density at radius 2 is 1.80 bits per heavy atom. The van der Waals surface area contributed by atoms with Crippen LogP contribution in [-0.4, -0.2) is 28.3 Å². The molecule has 2 aromatic carbocycles. The van der Waals surface area contributed by atoms with Crippen molar-refractivity contribution >= 4 is 23.5 Å². The standard InChI is InChI=1S/C23H21N3O4/c1-14-18(15(2)26(25-14)17-7-5-4-6-8-17)9-10-23(28)24-20-12-22-21(29-13-30-22)11-19(20)16(3)27/h4-12H,13H2,1-3H3,(H,24,28)/b10-9+. The Morgan fingerprint density at radius 3 is 2.50 bits per heavy atom. The fraction of sp³-hybridized carbons (Fsp3) is 0.174. The maximum Gasteiger partial charge on any atom is 0.248 e. The Bertz CT molecular complexity index is 1160. The molecule has 0 fully saturated rings. The topological polar surface area (TPSA) is 82.5 Å². The molecule has 0 aliphatic carbocycles. The van der Waals surface area contributed by atoms with Crippen molar-refractivity contribution in [3.63, 3.8) is 0 Å². The van der Waals surface area contributed by atoms with Crippen molar-refractivity contribution in [2.45, 2.75) is 20.8 Å². The number of rotatable bonds is 5. The number of hydrogen-bond donors (Lipinski definition) is 1. The molecular formula is C23H21N3O4. The molecule has 0 saturated heterocycles. The number of carbonyl (C=O) groups excluding carboxylic acids is 2. The predicted octanol–water partition coefficient (Wildman–Crippen LogP) is 4.07. The Kier molecular flexibility index (Phi) is 5.10.